The first-order valence-electron chi connectivity index (χ1n) is 6.49. The zero-order valence-corrected chi connectivity index (χ0v) is 13.3. The molecule has 0 radical (unpaired) electrons. The lowest BCUT2D eigenvalue weighted by atomic mass is 9.98. The molecular formula is C16H16Cl2FNO. The molecule has 0 aliphatic heterocycles. The molecule has 0 fully saturated rings. The molecule has 0 saturated heterocycles. The molecule has 2 aromatic carbocycles. The molecule has 0 bridgehead atoms. The average Bonchev–Trinajstić information content (AvgIpc) is 2.49. The first-order chi connectivity index (χ1) is 10.0. The minimum Gasteiger partial charge on any atom is -0.494 e. The van der Waals surface area contributed by atoms with Crippen molar-refractivity contribution >= 4 is 23.2 Å². The summed E-state index contributed by atoms with van der Waals surface area (Å²) >= 11 is 12.0. The van der Waals surface area contributed by atoms with Gasteiger partial charge in [-0.05, 0) is 48.9 Å². The van der Waals surface area contributed by atoms with Crippen LogP contribution in [0.5, 0.6) is 5.75 Å². The number of hydrogen-bond donors (Lipinski definition) is 1. The van der Waals surface area contributed by atoms with E-state index in [9.17, 15) is 4.39 Å². The van der Waals surface area contributed by atoms with Crippen molar-refractivity contribution in [2.24, 2.45) is 0 Å². The largest absolute Gasteiger partial charge is 0.494 e. The van der Waals surface area contributed by atoms with E-state index in [2.05, 4.69) is 5.32 Å². The van der Waals surface area contributed by atoms with Crippen LogP contribution in [0.25, 0.3) is 0 Å². The molecule has 0 spiro atoms. The number of nitrogens with one attached hydrogen (secondary N) is 1. The fourth-order valence-corrected chi connectivity index (χ4v) is 2.50. The zero-order chi connectivity index (χ0) is 15.4. The second kappa shape index (κ2) is 7.12. The summed E-state index contributed by atoms with van der Waals surface area (Å²) in [7, 11) is 3.31. The number of benzene rings is 2. The van der Waals surface area contributed by atoms with E-state index >= 15 is 0 Å². The molecule has 2 nitrogen and oxygen atoms in total. The van der Waals surface area contributed by atoms with Gasteiger partial charge in [-0.25, -0.2) is 4.39 Å². The number of likely N-dealkylation sites (N-methyl/N-ethyl adjacent to an activating group) is 1. The zero-order valence-electron chi connectivity index (χ0n) is 11.8. The number of rotatable bonds is 5. The monoisotopic (exact) mass is 327 g/mol. The van der Waals surface area contributed by atoms with Crippen LogP contribution in [0.3, 0.4) is 0 Å². The van der Waals surface area contributed by atoms with Gasteiger partial charge >= 0.3 is 0 Å². The van der Waals surface area contributed by atoms with Gasteiger partial charge in [0.1, 0.15) is 0 Å². The van der Waals surface area contributed by atoms with E-state index in [0.29, 0.717) is 16.5 Å². The molecular weight excluding hydrogens is 312 g/mol. The van der Waals surface area contributed by atoms with Gasteiger partial charge in [0.05, 0.1) is 17.2 Å². The average molecular weight is 328 g/mol. The molecule has 0 aliphatic carbocycles. The van der Waals surface area contributed by atoms with Crippen LogP contribution < -0.4 is 10.1 Å². The van der Waals surface area contributed by atoms with Crippen LogP contribution >= 0.6 is 23.2 Å². The molecule has 0 aliphatic rings. The molecule has 0 amide bonds. The van der Waals surface area contributed by atoms with Crippen LogP contribution in [0, 0.1) is 5.82 Å². The fourth-order valence-electron chi connectivity index (χ4n) is 2.18. The molecule has 2 rings (SSSR count). The molecule has 1 N–H and O–H groups in total. The Labute approximate surface area is 133 Å². The van der Waals surface area contributed by atoms with E-state index in [1.807, 2.05) is 19.2 Å². The van der Waals surface area contributed by atoms with Gasteiger partial charge in [0, 0.05) is 6.04 Å². The quantitative estimate of drug-likeness (QED) is 0.863. The van der Waals surface area contributed by atoms with Crippen LogP contribution in [0.1, 0.15) is 17.2 Å². The molecule has 0 aromatic heterocycles. The van der Waals surface area contributed by atoms with Crippen molar-refractivity contribution in [2.45, 2.75) is 12.5 Å². The van der Waals surface area contributed by atoms with Gasteiger partial charge in [0.2, 0.25) is 0 Å². The van der Waals surface area contributed by atoms with E-state index < -0.39 is 0 Å². The molecule has 5 heteroatoms. The number of hydrogen-bond acceptors (Lipinski definition) is 2. The molecule has 2 aromatic rings. The summed E-state index contributed by atoms with van der Waals surface area (Å²) in [5.74, 6) is -0.132. The maximum Gasteiger partial charge on any atom is 0.165 e. The van der Waals surface area contributed by atoms with E-state index in [1.165, 1.54) is 13.2 Å². The smallest absolute Gasteiger partial charge is 0.165 e. The highest BCUT2D eigenvalue weighted by atomic mass is 35.5. The standard InChI is InChI=1S/C16H16Cl2FNO/c1-20-15(8-10-3-5-12(17)13(18)7-10)11-4-6-14(19)16(9-11)21-2/h3-7,9,15,20H,8H2,1-2H3. The van der Waals surface area contributed by atoms with E-state index in [-0.39, 0.29) is 17.6 Å². The van der Waals surface area contributed by atoms with Gasteiger partial charge in [0.25, 0.3) is 0 Å². The van der Waals surface area contributed by atoms with Crippen molar-refractivity contribution in [3.8, 4) is 5.75 Å². The lowest BCUT2D eigenvalue weighted by Crippen LogP contribution is -2.19. The Balaban J connectivity index is 2.25. The third-order valence-corrected chi connectivity index (χ3v) is 4.09. The molecule has 112 valence electrons. The van der Waals surface area contributed by atoms with Crippen molar-refractivity contribution in [3.05, 3.63) is 63.4 Å². The normalized spacial score (nSPS) is 12.2. The van der Waals surface area contributed by atoms with E-state index in [0.717, 1.165) is 11.1 Å². The minimum absolute atomic E-state index is 0.0248. The van der Waals surface area contributed by atoms with E-state index in [4.69, 9.17) is 27.9 Å². The van der Waals surface area contributed by atoms with Crippen molar-refractivity contribution < 1.29 is 9.13 Å². The molecule has 1 unspecified atom stereocenters. The minimum atomic E-state index is -0.370. The Morgan fingerprint density at radius 2 is 1.90 bits per heavy atom. The Kier molecular flexibility index (Phi) is 5.45. The highest BCUT2D eigenvalue weighted by Crippen LogP contribution is 2.27. The first kappa shape index (κ1) is 16.1. The van der Waals surface area contributed by atoms with Crippen LogP contribution in [0.4, 0.5) is 4.39 Å². The summed E-state index contributed by atoms with van der Waals surface area (Å²) < 4.78 is 18.5. The summed E-state index contributed by atoms with van der Waals surface area (Å²) in [5.41, 5.74) is 1.99. The summed E-state index contributed by atoms with van der Waals surface area (Å²) in [6, 6.07) is 10.4. The molecule has 0 heterocycles. The predicted octanol–water partition coefficient (Wildman–Crippen LogP) is 4.64. The number of methoxy groups -OCH3 is 1. The third kappa shape index (κ3) is 3.88. The topological polar surface area (TPSA) is 21.3 Å². The summed E-state index contributed by atoms with van der Waals surface area (Å²) in [5, 5.41) is 4.28. The van der Waals surface area contributed by atoms with Crippen molar-refractivity contribution in [1.82, 2.24) is 5.32 Å². The summed E-state index contributed by atoms with van der Waals surface area (Å²) in [6.07, 6.45) is 0.710. The fraction of sp³-hybridized carbons (Fsp3) is 0.250. The highest BCUT2D eigenvalue weighted by molar-refractivity contribution is 6.42. The Hall–Kier alpha value is -1.29. The van der Waals surface area contributed by atoms with Crippen LogP contribution in [-0.4, -0.2) is 14.2 Å². The Morgan fingerprint density at radius 1 is 1.14 bits per heavy atom. The van der Waals surface area contributed by atoms with Crippen LogP contribution in [0.15, 0.2) is 36.4 Å². The lowest BCUT2D eigenvalue weighted by Gasteiger charge is -2.18. The Morgan fingerprint density at radius 3 is 2.52 bits per heavy atom. The SMILES string of the molecule is CNC(Cc1ccc(Cl)c(Cl)c1)c1ccc(F)c(OC)c1. The van der Waals surface area contributed by atoms with Gasteiger partial charge < -0.3 is 10.1 Å². The van der Waals surface area contributed by atoms with E-state index in [1.54, 1.807) is 18.2 Å². The van der Waals surface area contributed by atoms with Gasteiger partial charge in [-0.1, -0.05) is 35.3 Å². The van der Waals surface area contributed by atoms with Crippen molar-refractivity contribution in [1.29, 1.82) is 0 Å². The molecule has 21 heavy (non-hydrogen) atoms. The maximum absolute atomic E-state index is 13.5. The molecule has 0 saturated carbocycles. The second-order valence-electron chi connectivity index (χ2n) is 4.69. The first-order valence-corrected chi connectivity index (χ1v) is 7.25. The number of ether oxygens (including phenoxy) is 1. The van der Waals surface area contributed by atoms with Crippen molar-refractivity contribution in [3.63, 3.8) is 0 Å². The highest BCUT2D eigenvalue weighted by Gasteiger charge is 2.14. The van der Waals surface area contributed by atoms with Gasteiger partial charge in [0.15, 0.2) is 11.6 Å². The second-order valence-corrected chi connectivity index (χ2v) is 5.50. The lowest BCUT2D eigenvalue weighted by molar-refractivity contribution is 0.385. The number of halogens is 3. The molecule has 1 atom stereocenters. The predicted molar refractivity (Wildman–Crippen MR) is 84.9 cm³/mol. The van der Waals surface area contributed by atoms with Gasteiger partial charge in [-0.3, -0.25) is 0 Å². The van der Waals surface area contributed by atoms with Gasteiger partial charge in [-0.15, -0.1) is 0 Å². The summed E-state index contributed by atoms with van der Waals surface area (Å²) in [4.78, 5) is 0. The summed E-state index contributed by atoms with van der Waals surface area (Å²) in [6.45, 7) is 0. The van der Waals surface area contributed by atoms with Crippen LogP contribution in [-0.2, 0) is 6.42 Å². The Bertz CT molecular complexity index is 634. The van der Waals surface area contributed by atoms with Crippen molar-refractivity contribution in [2.75, 3.05) is 14.2 Å². The maximum atomic E-state index is 13.5. The van der Waals surface area contributed by atoms with Gasteiger partial charge in [-0.2, -0.15) is 0 Å². The van der Waals surface area contributed by atoms with Crippen LogP contribution in [0.2, 0.25) is 10.0 Å². The third-order valence-electron chi connectivity index (χ3n) is 3.35.